The van der Waals surface area contributed by atoms with Crippen molar-refractivity contribution in [3.8, 4) is 0 Å². The molecule has 0 saturated carbocycles. The van der Waals surface area contributed by atoms with Crippen LogP contribution >= 0.6 is 11.8 Å². The van der Waals surface area contributed by atoms with E-state index >= 15 is 0 Å². The quantitative estimate of drug-likeness (QED) is 0.469. The van der Waals surface area contributed by atoms with Gasteiger partial charge in [-0.1, -0.05) is 48.5 Å². The highest BCUT2D eigenvalue weighted by molar-refractivity contribution is 7.98. The molecule has 0 aliphatic heterocycles. The average Bonchev–Trinajstić information content (AvgIpc) is 2.71. The molecule has 3 aromatic carbocycles. The lowest BCUT2D eigenvalue weighted by Crippen LogP contribution is -2.37. The number of aliphatic hydroxyl groups excluding tert-OH is 1. The van der Waals surface area contributed by atoms with Gasteiger partial charge in [0.25, 0.3) is 0 Å². The molecule has 0 aromatic heterocycles. The van der Waals surface area contributed by atoms with Crippen LogP contribution in [0, 0.1) is 0 Å². The third-order valence-electron chi connectivity index (χ3n) is 4.17. The summed E-state index contributed by atoms with van der Waals surface area (Å²) >= 11 is 1.55. The summed E-state index contributed by atoms with van der Waals surface area (Å²) in [7, 11) is 0. The highest BCUT2D eigenvalue weighted by atomic mass is 32.2. The van der Waals surface area contributed by atoms with E-state index in [0.717, 1.165) is 15.7 Å². The number of aliphatic hydroxyl groups is 1. The van der Waals surface area contributed by atoms with E-state index in [9.17, 15) is 14.7 Å². The molecule has 0 fully saturated rings. The Morgan fingerprint density at radius 2 is 1.74 bits per heavy atom. The summed E-state index contributed by atoms with van der Waals surface area (Å²) in [4.78, 5) is 25.1. The van der Waals surface area contributed by atoms with E-state index < -0.39 is 17.9 Å². The van der Waals surface area contributed by atoms with Crippen LogP contribution in [-0.2, 0) is 9.59 Å². The van der Waals surface area contributed by atoms with Crippen molar-refractivity contribution in [2.24, 2.45) is 0 Å². The molecule has 27 heavy (non-hydrogen) atoms. The largest absolute Gasteiger partial charge is 0.387 e. The van der Waals surface area contributed by atoms with Crippen molar-refractivity contribution >= 4 is 40.0 Å². The fourth-order valence-corrected chi connectivity index (χ4v) is 3.27. The van der Waals surface area contributed by atoms with Gasteiger partial charge in [-0.25, -0.2) is 0 Å². The minimum Gasteiger partial charge on any atom is -0.387 e. The fraction of sp³-hybridized carbons (Fsp3) is 0.143. The molecule has 0 radical (unpaired) electrons. The van der Waals surface area contributed by atoms with Crippen molar-refractivity contribution < 1.29 is 14.7 Å². The van der Waals surface area contributed by atoms with Gasteiger partial charge >= 0.3 is 11.8 Å². The lowest BCUT2D eigenvalue weighted by molar-refractivity contribution is -0.136. The van der Waals surface area contributed by atoms with Gasteiger partial charge in [-0.2, -0.15) is 0 Å². The monoisotopic (exact) mass is 380 g/mol. The first kappa shape index (κ1) is 18.9. The fourth-order valence-electron chi connectivity index (χ4n) is 2.81. The van der Waals surface area contributed by atoms with Crippen molar-refractivity contribution in [3.05, 3.63) is 72.3 Å². The summed E-state index contributed by atoms with van der Waals surface area (Å²) < 4.78 is 0. The van der Waals surface area contributed by atoms with Gasteiger partial charge in [0.2, 0.25) is 0 Å². The molecule has 2 amide bonds. The molecule has 0 spiro atoms. The van der Waals surface area contributed by atoms with Crippen LogP contribution < -0.4 is 10.6 Å². The molecule has 1 atom stereocenters. The van der Waals surface area contributed by atoms with E-state index in [1.54, 1.807) is 23.9 Å². The van der Waals surface area contributed by atoms with Gasteiger partial charge in [-0.3, -0.25) is 9.59 Å². The second-order valence-corrected chi connectivity index (χ2v) is 6.86. The number of carbonyl (C=O) groups is 2. The van der Waals surface area contributed by atoms with Crippen LogP contribution in [0.1, 0.15) is 11.7 Å². The number of hydrogen-bond acceptors (Lipinski definition) is 4. The van der Waals surface area contributed by atoms with Gasteiger partial charge in [0, 0.05) is 17.1 Å². The summed E-state index contributed by atoms with van der Waals surface area (Å²) in [6.07, 6.45) is 1.02. The first-order valence-electron chi connectivity index (χ1n) is 8.47. The lowest BCUT2D eigenvalue weighted by Gasteiger charge is -2.14. The molecule has 3 rings (SSSR count). The van der Waals surface area contributed by atoms with E-state index in [0.29, 0.717) is 11.3 Å². The highest BCUT2D eigenvalue weighted by Gasteiger charge is 2.17. The highest BCUT2D eigenvalue weighted by Crippen LogP contribution is 2.24. The number of fused-ring (bicyclic) bond motifs is 1. The number of amides is 2. The summed E-state index contributed by atoms with van der Waals surface area (Å²) in [5.41, 5.74) is 1.26. The topological polar surface area (TPSA) is 78.4 Å². The lowest BCUT2D eigenvalue weighted by atomic mass is 10.0. The molecule has 138 valence electrons. The Morgan fingerprint density at radius 3 is 2.56 bits per heavy atom. The van der Waals surface area contributed by atoms with E-state index in [1.165, 1.54) is 0 Å². The standard InChI is InChI=1S/C21H20N2O3S/c1-27-16-9-5-8-15(12-16)23-21(26)20(25)22-13-19(24)18-11-4-7-14-6-2-3-10-17(14)18/h2-12,19,24H,13H2,1H3,(H,22,25)(H,23,26)/t19-/m0/s1. The molecular formula is C21H20N2O3S. The molecule has 0 aliphatic carbocycles. The molecule has 5 nitrogen and oxygen atoms in total. The van der Waals surface area contributed by atoms with Crippen molar-refractivity contribution in [1.82, 2.24) is 5.32 Å². The van der Waals surface area contributed by atoms with Crippen LogP contribution in [0.4, 0.5) is 5.69 Å². The Kier molecular flexibility index (Phi) is 6.11. The predicted octanol–water partition coefficient (Wildman–Crippen LogP) is 3.35. The minimum absolute atomic E-state index is 0.0505. The van der Waals surface area contributed by atoms with Crippen LogP contribution in [0.3, 0.4) is 0 Å². The van der Waals surface area contributed by atoms with Crippen molar-refractivity contribution in [3.63, 3.8) is 0 Å². The van der Waals surface area contributed by atoms with E-state index in [2.05, 4.69) is 10.6 Å². The van der Waals surface area contributed by atoms with Gasteiger partial charge < -0.3 is 15.7 Å². The number of hydrogen-bond donors (Lipinski definition) is 3. The normalized spacial score (nSPS) is 11.8. The zero-order valence-electron chi connectivity index (χ0n) is 14.8. The Hall–Kier alpha value is -2.83. The Balaban J connectivity index is 1.61. The summed E-state index contributed by atoms with van der Waals surface area (Å²) in [6.45, 7) is -0.0505. The number of carbonyl (C=O) groups excluding carboxylic acids is 2. The zero-order chi connectivity index (χ0) is 19.2. The van der Waals surface area contributed by atoms with Crippen LogP contribution in [-0.4, -0.2) is 29.7 Å². The third kappa shape index (κ3) is 4.67. The minimum atomic E-state index is -0.910. The predicted molar refractivity (Wildman–Crippen MR) is 109 cm³/mol. The number of nitrogens with one attached hydrogen (secondary N) is 2. The maximum atomic E-state index is 12.1. The Bertz CT molecular complexity index is 969. The number of thioether (sulfide) groups is 1. The zero-order valence-corrected chi connectivity index (χ0v) is 15.6. The second kappa shape index (κ2) is 8.70. The number of rotatable bonds is 5. The van der Waals surface area contributed by atoms with Crippen molar-refractivity contribution in [2.45, 2.75) is 11.0 Å². The second-order valence-electron chi connectivity index (χ2n) is 5.98. The average molecular weight is 380 g/mol. The van der Waals surface area contributed by atoms with Gasteiger partial charge in [-0.15, -0.1) is 11.8 Å². The maximum Gasteiger partial charge on any atom is 0.313 e. The van der Waals surface area contributed by atoms with E-state index in [-0.39, 0.29) is 6.54 Å². The Labute approximate surface area is 161 Å². The Morgan fingerprint density at radius 1 is 1.00 bits per heavy atom. The molecule has 0 saturated heterocycles. The van der Waals surface area contributed by atoms with Gasteiger partial charge in [0.15, 0.2) is 0 Å². The van der Waals surface area contributed by atoms with Crippen LogP contribution in [0.2, 0.25) is 0 Å². The number of benzene rings is 3. The van der Waals surface area contributed by atoms with Crippen molar-refractivity contribution in [2.75, 3.05) is 18.1 Å². The van der Waals surface area contributed by atoms with E-state index in [1.807, 2.05) is 60.9 Å². The smallest absolute Gasteiger partial charge is 0.313 e. The first-order chi connectivity index (χ1) is 13.1. The van der Waals surface area contributed by atoms with E-state index in [4.69, 9.17) is 0 Å². The van der Waals surface area contributed by atoms with Gasteiger partial charge in [0.05, 0.1) is 6.10 Å². The molecule has 0 heterocycles. The maximum absolute atomic E-state index is 12.1. The molecule has 3 aromatic rings. The molecule has 0 bridgehead atoms. The SMILES string of the molecule is CSc1cccc(NC(=O)C(=O)NC[C@H](O)c2cccc3ccccc23)c1. The summed E-state index contributed by atoms with van der Waals surface area (Å²) in [6, 6.07) is 20.6. The summed E-state index contributed by atoms with van der Waals surface area (Å²) in [5, 5.41) is 17.4. The van der Waals surface area contributed by atoms with Crippen LogP contribution in [0.15, 0.2) is 71.6 Å². The first-order valence-corrected chi connectivity index (χ1v) is 9.70. The third-order valence-corrected chi connectivity index (χ3v) is 4.90. The van der Waals surface area contributed by atoms with Gasteiger partial charge in [0.1, 0.15) is 0 Å². The molecule has 6 heteroatoms. The molecule has 3 N–H and O–H groups in total. The number of anilines is 1. The van der Waals surface area contributed by atoms with Crippen LogP contribution in [0.5, 0.6) is 0 Å². The van der Waals surface area contributed by atoms with Gasteiger partial charge in [-0.05, 0) is 40.8 Å². The molecule has 0 unspecified atom stereocenters. The van der Waals surface area contributed by atoms with Crippen LogP contribution in [0.25, 0.3) is 10.8 Å². The van der Waals surface area contributed by atoms with Crippen molar-refractivity contribution in [1.29, 1.82) is 0 Å². The molecular weight excluding hydrogens is 360 g/mol. The summed E-state index contributed by atoms with van der Waals surface area (Å²) in [5.74, 6) is -1.55. The molecule has 0 aliphatic rings.